The number of hydrogen-bond donors (Lipinski definition) is 1. The predicted octanol–water partition coefficient (Wildman–Crippen LogP) is 2.34. The van der Waals surface area contributed by atoms with Gasteiger partial charge in [0, 0.05) is 19.1 Å². The molecule has 0 spiro atoms. The molecule has 0 saturated carbocycles. The van der Waals surface area contributed by atoms with Gasteiger partial charge in [0.2, 0.25) is 0 Å². The summed E-state index contributed by atoms with van der Waals surface area (Å²) < 4.78 is 23.4. The van der Waals surface area contributed by atoms with E-state index in [0.29, 0.717) is 25.2 Å². The number of aromatic nitrogens is 1. The Morgan fingerprint density at radius 2 is 2.00 bits per heavy atom. The Labute approximate surface area is 154 Å². The molecule has 0 bridgehead atoms. The molecule has 6 nitrogen and oxygen atoms in total. The second-order valence-corrected chi connectivity index (χ2v) is 8.65. The topological polar surface area (TPSA) is 79.4 Å². The summed E-state index contributed by atoms with van der Waals surface area (Å²) in [5.74, 6) is -0.0234. The van der Waals surface area contributed by atoms with E-state index in [0.717, 1.165) is 11.3 Å². The van der Waals surface area contributed by atoms with Gasteiger partial charge in [0.25, 0.3) is 5.91 Å². The molecule has 0 radical (unpaired) electrons. The van der Waals surface area contributed by atoms with Gasteiger partial charge in [-0.1, -0.05) is 30.3 Å². The summed E-state index contributed by atoms with van der Waals surface area (Å²) in [5, 5.41) is 3.27. The highest BCUT2D eigenvalue weighted by molar-refractivity contribution is 7.91. The van der Waals surface area contributed by atoms with E-state index in [-0.39, 0.29) is 23.5 Å². The Hall–Kier alpha value is -2.41. The molecule has 2 heterocycles. The number of pyridine rings is 1. The van der Waals surface area contributed by atoms with E-state index in [9.17, 15) is 13.2 Å². The fourth-order valence-electron chi connectivity index (χ4n) is 3.16. The maximum absolute atomic E-state index is 12.7. The number of amides is 1. The smallest absolute Gasteiger partial charge is 0.272 e. The first-order valence-corrected chi connectivity index (χ1v) is 10.6. The third-order valence-electron chi connectivity index (χ3n) is 4.57. The molecule has 1 unspecified atom stereocenters. The number of sulfone groups is 1. The van der Waals surface area contributed by atoms with E-state index in [1.165, 1.54) is 0 Å². The van der Waals surface area contributed by atoms with Crippen LogP contribution in [-0.4, -0.2) is 48.3 Å². The molecule has 1 amide bonds. The lowest BCUT2D eigenvalue weighted by Gasteiger charge is -2.26. The number of nitrogens with one attached hydrogen (secondary N) is 1. The highest BCUT2D eigenvalue weighted by Gasteiger charge is 2.34. The van der Waals surface area contributed by atoms with Crippen LogP contribution < -0.4 is 5.32 Å². The van der Waals surface area contributed by atoms with Gasteiger partial charge in [0.15, 0.2) is 9.84 Å². The van der Waals surface area contributed by atoms with Gasteiger partial charge < -0.3 is 10.2 Å². The van der Waals surface area contributed by atoms with E-state index in [4.69, 9.17) is 0 Å². The van der Waals surface area contributed by atoms with Crippen molar-refractivity contribution in [2.24, 2.45) is 0 Å². The molecule has 7 heteroatoms. The summed E-state index contributed by atoms with van der Waals surface area (Å²) in [5.41, 5.74) is 2.32. The van der Waals surface area contributed by atoms with E-state index < -0.39 is 9.84 Å². The minimum atomic E-state index is -3.03. The van der Waals surface area contributed by atoms with Gasteiger partial charge in [-0.25, -0.2) is 13.4 Å². The quantitative estimate of drug-likeness (QED) is 0.841. The second kappa shape index (κ2) is 7.86. The summed E-state index contributed by atoms with van der Waals surface area (Å²) in [4.78, 5) is 18.6. The monoisotopic (exact) mass is 373 g/mol. The molecule has 1 fully saturated rings. The molecular weight excluding hydrogens is 350 g/mol. The van der Waals surface area contributed by atoms with Crippen molar-refractivity contribution in [2.75, 3.05) is 23.4 Å². The fourth-order valence-corrected chi connectivity index (χ4v) is 4.89. The van der Waals surface area contributed by atoms with Crippen molar-refractivity contribution in [1.82, 2.24) is 9.88 Å². The number of nitrogens with zero attached hydrogens (tertiary/aromatic N) is 2. The normalized spacial score (nSPS) is 18.4. The van der Waals surface area contributed by atoms with Gasteiger partial charge >= 0.3 is 0 Å². The third-order valence-corrected chi connectivity index (χ3v) is 6.32. The van der Waals surface area contributed by atoms with Crippen molar-refractivity contribution >= 4 is 21.4 Å². The molecule has 1 atom stereocenters. The summed E-state index contributed by atoms with van der Waals surface area (Å²) in [6.45, 7) is 3.00. The van der Waals surface area contributed by atoms with Gasteiger partial charge in [-0.15, -0.1) is 0 Å². The van der Waals surface area contributed by atoms with Crippen LogP contribution in [0.4, 0.5) is 5.69 Å². The number of carbonyl (C=O) groups excluding carboxylic acids is 1. The molecule has 1 N–H and O–H groups in total. The van der Waals surface area contributed by atoms with Crippen molar-refractivity contribution in [1.29, 1.82) is 0 Å². The molecule has 2 aromatic rings. The molecule has 0 aliphatic carbocycles. The van der Waals surface area contributed by atoms with E-state index in [2.05, 4.69) is 10.3 Å². The van der Waals surface area contributed by atoms with Crippen LogP contribution >= 0.6 is 0 Å². The summed E-state index contributed by atoms with van der Waals surface area (Å²) in [7, 11) is -3.03. The number of benzene rings is 1. The summed E-state index contributed by atoms with van der Waals surface area (Å²) >= 11 is 0. The van der Waals surface area contributed by atoms with Crippen LogP contribution in [0.2, 0.25) is 0 Å². The SMILES string of the molecule is CCN(C(=O)c1ccc(NCc2ccccc2)cn1)C1CCS(=O)(=O)C1. The van der Waals surface area contributed by atoms with Crippen molar-refractivity contribution in [3.63, 3.8) is 0 Å². The van der Waals surface area contributed by atoms with E-state index >= 15 is 0 Å². The lowest BCUT2D eigenvalue weighted by Crippen LogP contribution is -2.41. The Bertz CT molecular complexity index is 851. The highest BCUT2D eigenvalue weighted by Crippen LogP contribution is 2.20. The predicted molar refractivity (Wildman–Crippen MR) is 102 cm³/mol. The first kappa shape index (κ1) is 18.4. The van der Waals surface area contributed by atoms with Crippen LogP contribution in [-0.2, 0) is 16.4 Å². The van der Waals surface area contributed by atoms with Crippen LogP contribution in [0.25, 0.3) is 0 Å². The largest absolute Gasteiger partial charge is 0.380 e. The van der Waals surface area contributed by atoms with E-state index in [1.807, 2.05) is 43.3 Å². The molecular formula is C19H23N3O3S. The molecule has 1 aliphatic rings. The maximum Gasteiger partial charge on any atom is 0.272 e. The summed E-state index contributed by atoms with van der Waals surface area (Å²) in [6.07, 6.45) is 2.13. The first-order chi connectivity index (χ1) is 12.5. The molecule has 1 aromatic carbocycles. The second-order valence-electron chi connectivity index (χ2n) is 6.42. The zero-order chi connectivity index (χ0) is 18.6. The van der Waals surface area contributed by atoms with Crippen molar-refractivity contribution in [3.8, 4) is 0 Å². The van der Waals surface area contributed by atoms with Gasteiger partial charge in [0.05, 0.1) is 23.4 Å². The average molecular weight is 373 g/mol. The van der Waals surface area contributed by atoms with Gasteiger partial charge in [0.1, 0.15) is 5.69 Å². The number of anilines is 1. The molecule has 1 aromatic heterocycles. The van der Waals surface area contributed by atoms with Crippen LogP contribution in [0, 0.1) is 0 Å². The zero-order valence-electron chi connectivity index (χ0n) is 14.8. The minimum absolute atomic E-state index is 0.0449. The van der Waals surface area contributed by atoms with Crippen LogP contribution in [0.15, 0.2) is 48.7 Å². The lowest BCUT2D eigenvalue weighted by atomic mass is 10.2. The summed E-state index contributed by atoms with van der Waals surface area (Å²) in [6, 6.07) is 13.3. The van der Waals surface area contributed by atoms with Crippen LogP contribution in [0.3, 0.4) is 0 Å². The Balaban J connectivity index is 1.64. The molecule has 138 valence electrons. The Morgan fingerprint density at radius 1 is 1.23 bits per heavy atom. The number of hydrogen-bond acceptors (Lipinski definition) is 5. The average Bonchev–Trinajstić information content (AvgIpc) is 3.01. The minimum Gasteiger partial charge on any atom is -0.380 e. The van der Waals surface area contributed by atoms with Gasteiger partial charge in [-0.05, 0) is 31.0 Å². The Morgan fingerprint density at radius 3 is 2.58 bits per heavy atom. The first-order valence-electron chi connectivity index (χ1n) is 8.74. The third kappa shape index (κ3) is 4.40. The maximum atomic E-state index is 12.7. The molecule has 26 heavy (non-hydrogen) atoms. The highest BCUT2D eigenvalue weighted by atomic mass is 32.2. The number of carbonyl (C=O) groups is 1. The van der Waals surface area contributed by atoms with Crippen molar-refractivity contribution in [3.05, 3.63) is 59.9 Å². The zero-order valence-corrected chi connectivity index (χ0v) is 15.6. The van der Waals surface area contributed by atoms with Crippen molar-refractivity contribution in [2.45, 2.75) is 25.9 Å². The standard InChI is InChI=1S/C19H23N3O3S/c1-2-22(17-10-11-26(24,25)14-17)19(23)18-9-8-16(13-21-18)20-12-15-6-4-3-5-7-15/h3-9,13,17,20H,2,10-12,14H2,1H3. The lowest BCUT2D eigenvalue weighted by molar-refractivity contribution is 0.0702. The molecule has 3 rings (SSSR count). The van der Waals surface area contributed by atoms with Crippen molar-refractivity contribution < 1.29 is 13.2 Å². The van der Waals surface area contributed by atoms with E-state index in [1.54, 1.807) is 17.2 Å². The van der Waals surface area contributed by atoms with Crippen LogP contribution in [0.1, 0.15) is 29.4 Å². The van der Waals surface area contributed by atoms with Gasteiger partial charge in [-0.3, -0.25) is 4.79 Å². The fraction of sp³-hybridized carbons (Fsp3) is 0.368. The van der Waals surface area contributed by atoms with Crippen LogP contribution in [0.5, 0.6) is 0 Å². The Kier molecular flexibility index (Phi) is 5.56. The molecule has 1 saturated heterocycles. The number of rotatable bonds is 6. The van der Waals surface area contributed by atoms with Gasteiger partial charge in [-0.2, -0.15) is 0 Å². The molecule has 1 aliphatic heterocycles.